The summed E-state index contributed by atoms with van der Waals surface area (Å²) in [6.45, 7) is 1.59. The van der Waals surface area contributed by atoms with E-state index >= 15 is 0 Å². The molecule has 0 aliphatic heterocycles. The van der Waals surface area contributed by atoms with Crippen molar-refractivity contribution in [3.63, 3.8) is 0 Å². The summed E-state index contributed by atoms with van der Waals surface area (Å²) in [6.07, 6.45) is 4.89. The van der Waals surface area contributed by atoms with Gasteiger partial charge in [0.15, 0.2) is 0 Å². The maximum Gasteiger partial charge on any atom is 0.232 e. The topological polar surface area (TPSA) is 84.1 Å². The number of ether oxygens (including phenoxy) is 1. The zero-order valence-corrected chi connectivity index (χ0v) is 12.6. The molecular formula is C14H17N3O3S. The van der Waals surface area contributed by atoms with Crippen molar-refractivity contribution < 1.29 is 13.2 Å². The van der Waals surface area contributed by atoms with E-state index in [0.717, 1.165) is 11.1 Å². The van der Waals surface area contributed by atoms with E-state index in [4.69, 9.17) is 4.74 Å². The zero-order valence-electron chi connectivity index (χ0n) is 11.8. The summed E-state index contributed by atoms with van der Waals surface area (Å²) in [4.78, 5) is 7.07. The van der Waals surface area contributed by atoms with Gasteiger partial charge in [0.1, 0.15) is 0 Å². The Morgan fingerprint density at radius 3 is 2.90 bits per heavy atom. The number of anilines is 1. The van der Waals surface area contributed by atoms with Crippen molar-refractivity contribution in [2.24, 2.45) is 0 Å². The molecule has 1 aromatic carbocycles. The van der Waals surface area contributed by atoms with E-state index in [1.165, 1.54) is 0 Å². The lowest BCUT2D eigenvalue weighted by atomic mass is 10.0. The third-order valence-corrected chi connectivity index (χ3v) is 4.14. The van der Waals surface area contributed by atoms with Crippen molar-refractivity contribution in [1.29, 1.82) is 0 Å². The molecule has 0 amide bonds. The summed E-state index contributed by atoms with van der Waals surface area (Å²) in [7, 11) is -1.75. The third kappa shape index (κ3) is 3.85. The van der Waals surface area contributed by atoms with Crippen molar-refractivity contribution in [3.8, 4) is 0 Å². The highest BCUT2D eigenvalue weighted by Gasteiger charge is 2.11. The average molecular weight is 307 g/mol. The molecule has 2 aromatic rings. The van der Waals surface area contributed by atoms with Gasteiger partial charge in [0.25, 0.3) is 0 Å². The number of hydrogen-bond donors (Lipinski definition) is 2. The van der Waals surface area contributed by atoms with E-state index in [1.807, 2.05) is 6.07 Å². The molecule has 0 atom stereocenters. The van der Waals surface area contributed by atoms with Crippen LogP contribution < -0.4 is 4.72 Å². The Morgan fingerprint density at radius 1 is 1.48 bits per heavy atom. The lowest BCUT2D eigenvalue weighted by molar-refractivity contribution is 0.340. The van der Waals surface area contributed by atoms with E-state index in [9.17, 15) is 8.42 Å². The van der Waals surface area contributed by atoms with Crippen molar-refractivity contribution in [2.45, 2.75) is 6.92 Å². The molecule has 2 N–H and O–H groups in total. The van der Waals surface area contributed by atoms with Gasteiger partial charge in [0.2, 0.25) is 10.0 Å². The van der Waals surface area contributed by atoms with Gasteiger partial charge in [0, 0.05) is 17.5 Å². The fourth-order valence-corrected chi connectivity index (χ4v) is 2.43. The van der Waals surface area contributed by atoms with Crippen molar-refractivity contribution in [3.05, 3.63) is 54.3 Å². The predicted octanol–water partition coefficient (Wildman–Crippen LogP) is 2.21. The highest BCUT2D eigenvalue weighted by Crippen LogP contribution is 2.24. The Kier molecular flexibility index (Phi) is 4.64. The maximum atomic E-state index is 11.6. The van der Waals surface area contributed by atoms with Crippen LogP contribution in [0.2, 0.25) is 0 Å². The molecule has 112 valence electrons. The average Bonchev–Trinajstić information content (AvgIpc) is 2.98. The van der Waals surface area contributed by atoms with Crippen LogP contribution in [0.5, 0.6) is 0 Å². The number of methoxy groups -OCH3 is 1. The van der Waals surface area contributed by atoms with Crippen LogP contribution in [-0.4, -0.2) is 31.2 Å². The highest BCUT2D eigenvalue weighted by atomic mass is 32.2. The molecular weight excluding hydrogens is 290 g/mol. The van der Waals surface area contributed by atoms with E-state index in [-0.39, 0.29) is 5.75 Å². The van der Waals surface area contributed by atoms with Crippen LogP contribution in [0.25, 0.3) is 5.57 Å². The van der Waals surface area contributed by atoms with E-state index in [0.29, 0.717) is 11.4 Å². The summed E-state index contributed by atoms with van der Waals surface area (Å²) in [5.41, 5.74) is 2.79. The number of imidazole rings is 1. The summed E-state index contributed by atoms with van der Waals surface area (Å²) in [5.74, 6) is 0.0252. The van der Waals surface area contributed by atoms with Crippen molar-refractivity contribution >= 4 is 21.3 Å². The van der Waals surface area contributed by atoms with Crippen LogP contribution in [0, 0.1) is 0 Å². The first kappa shape index (κ1) is 15.1. The molecule has 0 fully saturated rings. The summed E-state index contributed by atoms with van der Waals surface area (Å²) < 4.78 is 30.9. The van der Waals surface area contributed by atoms with Crippen LogP contribution in [-0.2, 0) is 14.8 Å². The Balaban J connectivity index is 2.38. The summed E-state index contributed by atoms with van der Waals surface area (Å²) >= 11 is 0. The van der Waals surface area contributed by atoms with E-state index in [1.54, 1.807) is 51.0 Å². The predicted molar refractivity (Wildman–Crippen MR) is 82.2 cm³/mol. The standard InChI is InChI=1S/C14H17N3O3S/c1-3-21(18,19)17-12-6-4-5-11(7-12)13(9-20-2)14-8-15-10-16-14/h4-10,17H,3H2,1-2H3,(H,15,16). The van der Waals surface area contributed by atoms with Crippen molar-refractivity contribution in [2.75, 3.05) is 17.6 Å². The number of aromatic nitrogens is 2. The highest BCUT2D eigenvalue weighted by molar-refractivity contribution is 7.92. The number of nitrogens with zero attached hydrogens (tertiary/aromatic N) is 1. The quantitative estimate of drug-likeness (QED) is 0.801. The second-order valence-corrected chi connectivity index (χ2v) is 6.32. The van der Waals surface area contributed by atoms with Crippen LogP contribution >= 0.6 is 0 Å². The number of aromatic amines is 1. The fraction of sp³-hybridized carbons (Fsp3) is 0.214. The maximum absolute atomic E-state index is 11.6. The molecule has 1 aromatic heterocycles. The van der Waals surface area contributed by atoms with Gasteiger partial charge in [-0.1, -0.05) is 12.1 Å². The normalized spacial score (nSPS) is 12.2. The van der Waals surface area contributed by atoms with E-state index < -0.39 is 10.0 Å². The lowest BCUT2D eigenvalue weighted by Crippen LogP contribution is -2.14. The zero-order chi connectivity index (χ0) is 15.3. The number of benzene rings is 1. The Morgan fingerprint density at radius 2 is 2.29 bits per heavy atom. The molecule has 21 heavy (non-hydrogen) atoms. The molecule has 2 rings (SSSR count). The number of nitrogens with one attached hydrogen (secondary N) is 2. The summed E-state index contributed by atoms with van der Waals surface area (Å²) in [6, 6.07) is 7.08. The van der Waals surface area contributed by atoms with Crippen LogP contribution in [0.3, 0.4) is 0 Å². The molecule has 0 aliphatic carbocycles. The molecule has 0 saturated carbocycles. The number of sulfonamides is 1. The lowest BCUT2D eigenvalue weighted by Gasteiger charge is -2.09. The minimum absolute atomic E-state index is 0.0252. The molecule has 0 aliphatic rings. The van der Waals surface area contributed by atoms with Gasteiger partial charge >= 0.3 is 0 Å². The number of hydrogen-bond acceptors (Lipinski definition) is 4. The Bertz CT molecular complexity index is 722. The van der Waals surface area contributed by atoms with Crippen LogP contribution in [0.1, 0.15) is 18.2 Å². The van der Waals surface area contributed by atoms with Gasteiger partial charge in [-0.25, -0.2) is 13.4 Å². The van der Waals surface area contributed by atoms with Gasteiger partial charge in [-0.3, -0.25) is 4.72 Å². The van der Waals surface area contributed by atoms with Gasteiger partial charge in [-0.15, -0.1) is 0 Å². The SMILES string of the molecule is CCS(=O)(=O)Nc1cccc(C(=COC)c2c[nH]cn2)c1. The largest absolute Gasteiger partial charge is 0.504 e. The number of rotatable bonds is 6. The Hall–Kier alpha value is -2.28. The van der Waals surface area contributed by atoms with Crippen LogP contribution in [0.4, 0.5) is 5.69 Å². The van der Waals surface area contributed by atoms with E-state index in [2.05, 4.69) is 14.7 Å². The van der Waals surface area contributed by atoms with Gasteiger partial charge in [-0.2, -0.15) is 0 Å². The molecule has 6 nitrogen and oxygen atoms in total. The molecule has 0 unspecified atom stereocenters. The molecule has 1 heterocycles. The third-order valence-electron chi connectivity index (χ3n) is 2.84. The second-order valence-electron chi connectivity index (χ2n) is 4.31. The molecule has 0 bridgehead atoms. The van der Waals surface area contributed by atoms with Crippen molar-refractivity contribution in [1.82, 2.24) is 9.97 Å². The first-order valence-corrected chi connectivity index (χ1v) is 8.04. The molecule has 7 heteroatoms. The Labute approximate surface area is 123 Å². The minimum atomic E-state index is -3.30. The van der Waals surface area contributed by atoms with Gasteiger partial charge < -0.3 is 9.72 Å². The first-order chi connectivity index (χ1) is 10.1. The first-order valence-electron chi connectivity index (χ1n) is 6.39. The molecule has 0 radical (unpaired) electrons. The molecule has 0 saturated heterocycles. The van der Waals surface area contributed by atoms with Crippen LogP contribution in [0.15, 0.2) is 43.1 Å². The second kappa shape index (κ2) is 6.45. The fourth-order valence-electron chi connectivity index (χ4n) is 1.80. The minimum Gasteiger partial charge on any atom is -0.504 e. The number of H-pyrrole nitrogens is 1. The summed E-state index contributed by atoms with van der Waals surface area (Å²) in [5, 5.41) is 0. The van der Waals surface area contributed by atoms with Gasteiger partial charge in [-0.05, 0) is 24.6 Å². The van der Waals surface area contributed by atoms with Gasteiger partial charge in [0.05, 0.1) is 31.1 Å². The smallest absolute Gasteiger partial charge is 0.232 e. The monoisotopic (exact) mass is 307 g/mol. The molecule has 0 spiro atoms.